The number of rotatable bonds is 2. The van der Waals surface area contributed by atoms with Crippen LogP contribution in [0, 0.1) is 6.92 Å². The maximum absolute atomic E-state index is 12.7. The number of hydrogen-bond donors (Lipinski definition) is 0. The van der Waals surface area contributed by atoms with Gasteiger partial charge in [0.1, 0.15) is 5.70 Å². The lowest BCUT2D eigenvalue weighted by atomic mass is 10.2. The third kappa shape index (κ3) is 1.97. The van der Waals surface area contributed by atoms with Gasteiger partial charge < -0.3 is 0 Å². The molecule has 3 aromatic rings. The normalized spacial score (nSPS) is 14.7. The quantitative estimate of drug-likeness (QED) is 0.684. The van der Waals surface area contributed by atoms with Crippen LogP contribution in [0.15, 0.2) is 60.7 Å². The summed E-state index contributed by atoms with van der Waals surface area (Å²) in [7, 11) is 0. The van der Waals surface area contributed by atoms with Crippen molar-refractivity contribution in [2.24, 2.45) is 0 Å². The molecule has 112 valence electrons. The van der Waals surface area contributed by atoms with Crippen molar-refractivity contribution < 1.29 is 9.59 Å². The molecule has 2 amide bonds. The van der Waals surface area contributed by atoms with E-state index in [4.69, 9.17) is 0 Å². The first-order valence-electron chi connectivity index (χ1n) is 7.27. The van der Waals surface area contributed by atoms with E-state index in [9.17, 15) is 9.59 Å². The number of hydrogen-bond acceptors (Lipinski definition) is 3. The number of benzene rings is 2. The van der Waals surface area contributed by atoms with Crippen LogP contribution in [-0.2, 0) is 9.59 Å². The van der Waals surface area contributed by atoms with Crippen LogP contribution in [0.3, 0.4) is 0 Å². The maximum Gasteiger partial charge on any atom is 0.284 e. The minimum Gasteiger partial charge on any atom is -0.269 e. The fraction of sp³-hybridized carbons (Fsp3) is 0.0556. The Labute approximate surface area is 132 Å². The van der Waals surface area contributed by atoms with Crippen molar-refractivity contribution in [1.29, 1.82) is 0 Å². The van der Waals surface area contributed by atoms with Gasteiger partial charge in [-0.1, -0.05) is 36.4 Å². The molecule has 1 aromatic heterocycles. The van der Waals surface area contributed by atoms with Gasteiger partial charge >= 0.3 is 0 Å². The van der Waals surface area contributed by atoms with Crippen LogP contribution < -0.4 is 4.90 Å². The fourth-order valence-electron chi connectivity index (χ4n) is 2.84. The topological polar surface area (TPSA) is 55.2 Å². The fourth-order valence-corrected chi connectivity index (χ4v) is 2.84. The molecule has 1 aliphatic rings. The molecule has 2 aromatic carbocycles. The summed E-state index contributed by atoms with van der Waals surface area (Å²) in [6.45, 7) is 1.88. The number of para-hydroxylation sites is 2. The second kappa shape index (κ2) is 4.91. The van der Waals surface area contributed by atoms with E-state index in [0.717, 1.165) is 16.6 Å². The molecular weight excluding hydrogens is 290 g/mol. The largest absolute Gasteiger partial charge is 0.284 e. The molecule has 2 heterocycles. The molecule has 23 heavy (non-hydrogen) atoms. The van der Waals surface area contributed by atoms with E-state index in [1.165, 1.54) is 11.0 Å². The predicted octanol–water partition coefficient (Wildman–Crippen LogP) is 2.76. The second-order valence-electron chi connectivity index (χ2n) is 5.36. The van der Waals surface area contributed by atoms with E-state index >= 15 is 0 Å². The van der Waals surface area contributed by atoms with Gasteiger partial charge in [0.25, 0.3) is 11.8 Å². The Hall–Kier alpha value is -3.21. The van der Waals surface area contributed by atoms with E-state index in [1.807, 2.05) is 37.3 Å². The van der Waals surface area contributed by atoms with Crippen molar-refractivity contribution in [2.45, 2.75) is 6.92 Å². The molecule has 0 radical (unpaired) electrons. The van der Waals surface area contributed by atoms with E-state index in [-0.39, 0.29) is 17.5 Å². The Bertz CT molecular complexity index is 970. The first-order chi connectivity index (χ1) is 11.2. The molecule has 5 nitrogen and oxygen atoms in total. The molecular formula is C18H13N3O2. The van der Waals surface area contributed by atoms with Crippen LogP contribution in [0.4, 0.5) is 5.69 Å². The highest BCUT2D eigenvalue weighted by atomic mass is 16.2. The van der Waals surface area contributed by atoms with Crippen LogP contribution in [0.5, 0.6) is 0 Å². The molecule has 1 aliphatic heterocycles. The van der Waals surface area contributed by atoms with Crippen molar-refractivity contribution in [3.05, 3.63) is 66.4 Å². The molecule has 0 fully saturated rings. The summed E-state index contributed by atoms with van der Waals surface area (Å²) in [4.78, 5) is 26.2. The number of amides is 2. The summed E-state index contributed by atoms with van der Waals surface area (Å²) in [6.07, 6.45) is 1.34. The number of fused-ring (bicyclic) bond motifs is 1. The Kier molecular flexibility index (Phi) is 2.87. The minimum atomic E-state index is -0.366. The lowest BCUT2D eigenvalue weighted by Crippen LogP contribution is -2.31. The molecule has 0 saturated carbocycles. The number of aromatic nitrogens is 2. The number of carbonyl (C=O) groups is 2. The number of carbonyl (C=O) groups excluding carboxylic acids is 2. The van der Waals surface area contributed by atoms with Crippen LogP contribution >= 0.6 is 0 Å². The highest BCUT2D eigenvalue weighted by molar-refractivity contribution is 6.41. The van der Waals surface area contributed by atoms with Gasteiger partial charge in [-0.2, -0.15) is 5.10 Å². The van der Waals surface area contributed by atoms with Crippen LogP contribution in [0.1, 0.15) is 5.69 Å². The molecule has 0 N–H and O–H groups in total. The SMILES string of the molecule is Cc1nn(C2=CC(=O)N(c3ccccc3)C2=O)c2ccccc12. The number of nitrogens with zero attached hydrogens (tertiary/aromatic N) is 3. The van der Waals surface area contributed by atoms with Gasteiger partial charge in [-0.25, -0.2) is 9.58 Å². The third-order valence-corrected chi connectivity index (χ3v) is 3.92. The van der Waals surface area contributed by atoms with Gasteiger partial charge in [-0.15, -0.1) is 0 Å². The number of imide groups is 1. The zero-order valence-electron chi connectivity index (χ0n) is 12.4. The zero-order chi connectivity index (χ0) is 16.0. The lowest BCUT2D eigenvalue weighted by Gasteiger charge is -2.14. The van der Waals surface area contributed by atoms with E-state index < -0.39 is 0 Å². The zero-order valence-corrected chi connectivity index (χ0v) is 12.4. The molecule has 0 atom stereocenters. The van der Waals surface area contributed by atoms with E-state index in [1.54, 1.807) is 28.9 Å². The van der Waals surface area contributed by atoms with Crippen molar-refractivity contribution in [2.75, 3.05) is 4.90 Å². The molecule has 0 aliphatic carbocycles. The van der Waals surface area contributed by atoms with E-state index in [2.05, 4.69) is 5.10 Å². The molecule has 5 heteroatoms. The summed E-state index contributed by atoms with van der Waals surface area (Å²) in [6, 6.07) is 16.5. The molecule has 0 unspecified atom stereocenters. The van der Waals surface area contributed by atoms with Gasteiger partial charge in [0, 0.05) is 11.5 Å². The van der Waals surface area contributed by atoms with Crippen molar-refractivity contribution >= 4 is 34.1 Å². The summed E-state index contributed by atoms with van der Waals surface area (Å²) in [5.74, 6) is -0.720. The summed E-state index contributed by atoms with van der Waals surface area (Å²) in [5, 5.41) is 5.40. The van der Waals surface area contributed by atoms with Gasteiger partial charge in [0.15, 0.2) is 0 Å². The Morgan fingerprint density at radius 3 is 2.39 bits per heavy atom. The highest BCUT2D eigenvalue weighted by Crippen LogP contribution is 2.28. The summed E-state index contributed by atoms with van der Waals surface area (Å²) in [5.41, 5.74) is 2.46. The molecule has 0 spiro atoms. The first-order valence-corrected chi connectivity index (χ1v) is 7.27. The molecule has 4 rings (SSSR count). The standard InChI is InChI=1S/C18H13N3O2/c1-12-14-9-5-6-10-15(14)21(19-12)16-11-17(22)20(18(16)23)13-7-3-2-4-8-13/h2-11H,1H3. The average molecular weight is 303 g/mol. The monoisotopic (exact) mass is 303 g/mol. The van der Waals surface area contributed by atoms with Gasteiger partial charge in [-0.05, 0) is 25.1 Å². The van der Waals surface area contributed by atoms with Crippen LogP contribution in [-0.4, -0.2) is 21.6 Å². The molecule has 0 bridgehead atoms. The summed E-state index contributed by atoms with van der Waals surface area (Å²) >= 11 is 0. The maximum atomic E-state index is 12.7. The van der Waals surface area contributed by atoms with Crippen LogP contribution in [0.25, 0.3) is 16.6 Å². The van der Waals surface area contributed by atoms with Gasteiger partial charge in [-0.3, -0.25) is 9.59 Å². The molecule has 0 saturated heterocycles. The predicted molar refractivity (Wildman–Crippen MR) is 87.7 cm³/mol. The Balaban J connectivity index is 1.83. The number of aryl methyl sites for hydroxylation is 1. The van der Waals surface area contributed by atoms with Crippen molar-refractivity contribution in [3.8, 4) is 0 Å². The van der Waals surface area contributed by atoms with Gasteiger partial charge in [0.05, 0.1) is 16.9 Å². The lowest BCUT2D eigenvalue weighted by molar-refractivity contribution is -0.119. The Morgan fingerprint density at radius 2 is 1.61 bits per heavy atom. The van der Waals surface area contributed by atoms with Crippen molar-refractivity contribution in [3.63, 3.8) is 0 Å². The van der Waals surface area contributed by atoms with Crippen molar-refractivity contribution in [1.82, 2.24) is 9.78 Å². The first kappa shape index (κ1) is 13.5. The van der Waals surface area contributed by atoms with Crippen LogP contribution in [0.2, 0.25) is 0 Å². The van der Waals surface area contributed by atoms with Gasteiger partial charge in [0.2, 0.25) is 0 Å². The average Bonchev–Trinajstić information content (AvgIpc) is 3.06. The van der Waals surface area contributed by atoms with E-state index in [0.29, 0.717) is 5.69 Å². The third-order valence-electron chi connectivity index (χ3n) is 3.92. The minimum absolute atomic E-state index is 0.267. The summed E-state index contributed by atoms with van der Waals surface area (Å²) < 4.78 is 1.55. The Morgan fingerprint density at radius 1 is 0.913 bits per heavy atom. The second-order valence-corrected chi connectivity index (χ2v) is 5.36. The smallest absolute Gasteiger partial charge is 0.269 e. The highest BCUT2D eigenvalue weighted by Gasteiger charge is 2.34. The number of anilines is 1.